The third-order valence-corrected chi connectivity index (χ3v) is 4.88. The van der Waals surface area contributed by atoms with E-state index in [4.69, 9.17) is 0 Å². The van der Waals surface area contributed by atoms with Crippen molar-refractivity contribution >= 4 is 16.8 Å². The normalized spacial score (nSPS) is 12.5. The van der Waals surface area contributed by atoms with E-state index in [0.29, 0.717) is 18.9 Å². The molecule has 0 saturated heterocycles. The van der Waals surface area contributed by atoms with Crippen LogP contribution in [0, 0.1) is 11.7 Å². The highest BCUT2D eigenvalue weighted by molar-refractivity contribution is 5.86. The van der Waals surface area contributed by atoms with E-state index in [1.165, 1.54) is 6.07 Å². The molecule has 0 aliphatic heterocycles. The molecule has 0 spiro atoms. The largest absolute Gasteiger partial charge is 0.356 e. The van der Waals surface area contributed by atoms with Crippen molar-refractivity contribution in [3.05, 3.63) is 71.7 Å². The summed E-state index contributed by atoms with van der Waals surface area (Å²) in [5, 5.41) is 4.11. The first-order chi connectivity index (χ1) is 13.0. The molecule has 0 aliphatic rings. The first kappa shape index (κ1) is 19.2. The summed E-state index contributed by atoms with van der Waals surface area (Å²) in [6, 6.07) is 14.8. The lowest BCUT2D eigenvalue weighted by Gasteiger charge is -2.18. The lowest BCUT2D eigenvalue weighted by molar-refractivity contribution is -0.121. The van der Waals surface area contributed by atoms with E-state index in [2.05, 4.69) is 49.0 Å². The Morgan fingerprint density at radius 1 is 1.15 bits per heavy atom. The molecule has 0 aliphatic carbocycles. The number of para-hydroxylation sites is 1. The number of hydrogen-bond acceptors (Lipinski definition) is 1. The fourth-order valence-corrected chi connectivity index (χ4v) is 3.52. The number of hydrogen-bond donors (Lipinski definition) is 1. The minimum absolute atomic E-state index is 0.00806. The van der Waals surface area contributed by atoms with Crippen LogP contribution in [0.15, 0.2) is 54.7 Å². The number of amides is 1. The molecule has 0 radical (unpaired) electrons. The first-order valence-electron chi connectivity index (χ1n) is 9.59. The molecule has 2 aromatic carbocycles. The quantitative estimate of drug-likeness (QED) is 0.620. The second-order valence-electron chi connectivity index (χ2n) is 7.40. The maximum absolute atomic E-state index is 13.9. The van der Waals surface area contributed by atoms with Gasteiger partial charge in [-0.05, 0) is 42.2 Å². The van der Waals surface area contributed by atoms with Gasteiger partial charge >= 0.3 is 0 Å². The molecular weight excluding hydrogens is 339 g/mol. The van der Waals surface area contributed by atoms with Crippen molar-refractivity contribution in [3.8, 4) is 0 Å². The molecule has 3 nitrogen and oxygen atoms in total. The molecule has 1 unspecified atom stereocenters. The van der Waals surface area contributed by atoms with Crippen LogP contribution in [0.3, 0.4) is 0 Å². The van der Waals surface area contributed by atoms with Gasteiger partial charge in [-0.3, -0.25) is 4.79 Å². The van der Waals surface area contributed by atoms with E-state index in [0.717, 1.165) is 28.6 Å². The van der Waals surface area contributed by atoms with Gasteiger partial charge in [0, 0.05) is 42.5 Å². The summed E-state index contributed by atoms with van der Waals surface area (Å²) in [5.74, 6) is -0.0836. The van der Waals surface area contributed by atoms with Gasteiger partial charge in [0.2, 0.25) is 5.91 Å². The highest BCUT2D eigenvalue weighted by Crippen LogP contribution is 2.35. The summed E-state index contributed by atoms with van der Waals surface area (Å²) < 4.78 is 16.1. The Morgan fingerprint density at radius 2 is 1.93 bits per heavy atom. The van der Waals surface area contributed by atoms with Crippen molar-refractivity contribution < 1.29 is 9.18 Å². The van der Waals surface area contributed by atoms with Gasteiger partial charge in [-0.1, -0.05) is 44.2 Å². The lowest BCUT2D eigenvalue weighted by Crippen LogP contribution is -2.28. The van der Waals surface area contributed by atoms with Crippen molar-refractivity contribution in [3.63, 3.8) is 0 Å². The van der Waals surface area contributed by atoms with Crippen molar-refractivity contribution in [2.24, 2.45) is 5.92 Å². The van der Waals surface area contributed by atoms with Gasteiger partial charge in [0.15, 0.2) is 0 Å². The molecule has 3 rings (SSSR count). The summed E-state index contributed by atoms with van der Waals surface area (Å²) in [7, 11) is 0. The Morgan fingerprint density at radius 3 is 2.63 bits per heavy atom. The molecule has 1 atom stereocenters. The number of rotatable bonds is 7. The fraction of sp³-hybridized carbons (Fsp3) is 0.348. The smallest absolute Gasteiger partial charge is 0.220 e. The third-order valence-electron chi connectivity index (χ3n) is 4.88. The summed E-state index contributed by atoms with van der Waals surface area (Å²) in [6.07, 6.45) is 2.41. The Kier molecular flexibility index (Phi) is 5.94. The van der Waals surface area contributed by atoms with Gasteiger partial charge in [-0.2, -0.15) is 0 Å². The molecular formula is C23H27FN2O. The second kappa shape index (κ2) is 8.38. The van der Waals surface area contributed by atoms with Crippen LogP contribution < -0.4 is 5.32 Å². The van der Waals surface area contributed by atoms with E-state index in [1.807, 2.05) is 18.2 Å². The van der Waals surface area contributed by atoms with Crippen LogP contribution in [0.5, 0.6) is 0 Å². The number of halogens is 1. The Bertz CT molecular complexity index is 929. The monoisotopic (exact) mass is 366 g/mol. The third kappa shape index (κ3) is 4.38. The van der Waals surface area contributed by atoms with Crippen molar-refractivity contribution in [1.82, 2.24) is 9.88 Å². The Balaban J connectivity index is 2.03. The fourth-order valence-electron chi connectivity index (χ4n) is 3.52. The molecule has 3 aromatic rings. The number of carbonyl (C=O) groups excluding carboxylic acids is 1. The Hall–Kier alpha value is -2.62. The molecule has 0 saturated carbocycles. The molecule has 27 heavy (non-hydrogen) atoms. The van der Waals surface area contributed by atoms with Crippen molar-refractivity contribution in [2.75, 3.05) is 6.54 Å². The second-order valence-corrected chi connectivity index (χ2v) is 7.40. The van der Waals surface area contributed by atoms with E-state index < -0.39 is 0 Å². The van der Waals surface area contributed by atoms with Gasteiger partial charge in [0.1, 0.15) is 5.82 Å². The molecule has 1 heterocycles. The Labute approximate surface area is 160 Å². The molecule has 142 valence electrons. The van der Waals surface area contributed by atoms with Crippen LogP contribution in [0.2, 0.25) is 0 Å². The molecule has 0 fully saturated rings. The SMILES string of the molecule is CCn1cc(C(CC(=O)NCC(C)C)c2cccc(F)c2)c2ccccc21. The van der Waals surface area contributed by atoms with Gasteiger partial charge < -0.3 is 9.88 Å². The van der Waals surface area contributed by atoms with Crippen LogP contribution in [0.1, 0.15) is 44.2 Å². The zero-order valence-corrected chi connectivity index (χ0v) is 16.2. The average molecular weight is 366 g/mol. The number of benzene rings is 2. The number of nitrogens with zero attached hydrogens (tertiary/aromatic N) is 1. The van der Waals surface area contributed by atoms with Crippen LogP contribution in [0.4, 0.5) is 4.39 Å². The first-order valence-corrected chi connectivity index (χ1v) is 9.59. The number of carbonyl (C=O) groups is 1. The molecule has 1 aromatic heterocycles. The minimum Gasteiger partial charge on any atom is -0.356 e. The van der Waals surface area contributed by atoms with E-state index >= 15 is 0 Å². The van der Waals surface area contributed by atoms with Gasteiger partial charge in [0.05, 0.1) is 0 Å². The van der Waals surface area contributed by atoms with Gasteiger partial charge in [-0.15, -0.1) is 0 Å². The summed E-state index contributed by atoms with van der Waals surface area (Å²) in [6.45, 7) is 7.72. The number of nitrogens with one attached hydrogen (secondary N) is 1. The van der Waals surface area contributed by atoms with Crippen LogP contribution in [0.25, 0.3) is 10.9 Å². The molecule has 0 bridgehead atoms. The number of fused-ring (bicyclic) bond motifs is 1. The predicted octanol–water partition coefficient (Wildman–Crippen LogP) is 5.09. The average Bonchev–Trinajstić information content (AvgIpc) is 3.03. The highest BCUT2D eigenvalue weighted by atomic mass is 19.1. The highest BCUT2D eigenvalue weighted by Gasteiger charge is 2.23. The van der Waals surface area contributed by atoms with Crippen LogP contribution in [-0.2, 0) is 11.3 Å². The molecule has 1 amide bonds. The summed E-state index contributed by atoms with van der Waals surface area (Å²) in [4.78, 5) is 12.6. The minimum atomic E-state index is -0.278. The molecule has 4 heteroatoms. The maximum Gasteiger partial charge on any atom is 0.220 e. The number of aromatic nitrogens is 1. The van der Waals surface area contributed by atoms with Gasteiger partial charge in [-0.25, -0.2) is 4.39 Å². The van der Waals surface area contributed by atoms with E-state index in [9.17, 15) is 9.18 Å². The molecule has 1 N–H and O–H groups in total. The summed E-state index contributed by atoms with van der Waals surface area (Å²) in [5.41, 5.74) is 3.03. The van der Waals surface area contributed by atoms with Crippen LogP contribution >= 0.6 is 0 Å². The topological polar surface area (TPSA) is 34.0 Å². The standard InChI is InChI=1S/C23H27FN2O/c1-4-26-15-21(19-10-5-6-11-22(19)26)20(13-23(27)25-14-16(2)3)17-8-7-9-18(24)12-17/h5-12,15-16,20H,4,13-14H2,1-3H3,(H,25,27). The van der Waals surface area contributed by atoms with Gasteiger partial charge in [0.25, 0.3) is 0 Å². The van der Waals surface area contributed by atoms with Crippen molar-refractivity contribution in [2.45, 2.75) is 39.7 Å². The summed E-state index contributed by atoms with van der Waals surface area (Å²) >= 11 is 0. The van der Waals surface area contributed by atoms with E-state index in [-0.39, 0.29) is 17.6 Å². The van der Waals surface area contributed by atoms with E-state index in [1.54, 1.807) is 12.1 Å². The maximum atomic E-state index is 13.9. The number of aryl methyl sites for hydroxylation is 1. The predicted molar refractivity (Wildman–Crippen MR) is 108 cm³/mol. The lowest BCUT2D eigenvalue weighted by atomic mass is 9.88. The van der Waals surface area contributed by atoms with Crippen LogP contribution in [-0.4, -0.2) is 17.0 Å². The zero-order chi connectivity index (χ0) is 19.4. The zero-order valence-electron chi connectivity index (χ0n) is 16.2. The van der Waals surface area contributed by atoms with Crippen molar-refractivity contribution in [1.29, 1.82) is 0 Å².